The topological polar surface area (TPSA) is 12.0 Å². The van der Waals surface area contributed by atoms with E-state index in [2.05, 4.69) is 12.2 Å². The summed E-state index contributed by atoms with van der Waals surface area (Å²) in [6.07, 6.45) is 7.24. The Morgan fingerprint density at radius 2 is 2.20 bits per heavy atom. The van der Waals surface area contributed by atoms with Gasteiger partial charge in [-0.05, 0) is 38.6 Å². The summed E-state index contributed by atoms with van der Waals surface area (Å²) in [5.41, 5.74) is 0.540. The van der Waals surface area contributed by atoms with Crippen molar-refractivity contribution in [3.8, 4) is 0 Å². The molecule has 0 radical (unpaired) electrons. The van der Waals surface area contributed by atoms with E-state index >= 15 is 0 Å². The number of fused-ring (bicyclic) bond motifs is 1. The predicted octanol–water partition coefficient (Wildman–Crippen LogP) is 1.93. The molecule has 0 bridgehead atoms. The van der Waals surface area contributed by atoms with Gasteiger partial charge in [0.1, 0.15) is 0 Å². The molecule has 1 heterocycles. The Morgan fingerprint density at radius 1 is 1.30 bits per heavy atom. The van der Waals surface area contributed by atoms with Crippen molar-refractivity contribution < 1.29 is 0 Å². The minimum atomic E-state index is 0.540. The summed E-state index contributed by atoms with van der Waals surface area (Å²) in [6.45, 7) is 3.67. The van der Waals surface area contributed by atoms with Gasteiger partial charge in [0, 0.05) is 5.54 Å². The monoisotopic (exact) mass is 139 g/mol. The van der Waals surface area contributed by atoms with Crippen LogP contribution in [0.4, 0.5) is 0 Å². The van der Waals surface area contributed by atoms with E-state index in [1.165, 1.54) is 38.6 Å². The van der Waals surface area contributed by atoms with Gasteiger partial charge in [-0.3, -0.25) is 0 Å². The van der Waals surface area contributed by atoms with E-state index in [-0.39, 0.29) is 0 Å². The maximum atomic E-state index is 3.63. The van der Waals surface area contributed by atoms with Crippen LogP contribution in [0.3, 0.4) is 0 Å². The first-order valence-electron chi connectivity index (χ1n) is 4.56. The molecule has 10 heavy (non-hydrogen) atoms. The van der Waals surface area contributed by atoms with Gasteiger partial charge in [0.2, 0.25) is 0 Å². The van der Waals surface area contributed by atoms with E-state index in [0.717, 1.165) is 5.92 Å². The van der Waals surface area contributed by atoms with Crippen LogP contribution in [-0.2, 0) is 0 Å². The highest BCUT2D eigenvalue weighted by Gasteiger charge is 2.39. The van der Waals surface area contributed by atoms with Gasteiger partial charge in [-0.2, -0.15) is 0 Å². The van der Waals surface area contributed by atoms with Crippen LogP contribution in [0.1, 0.15) is 39.0 Å². The third-order valence-corrected chi connectivity index (χ3v) is 3.42. The van der Waals surface area contributed by atoms with Crippen molar-refractivity contribution in [2.45, 2.75) is 44.6 Å². The zero-order chi connectivity index (χ0) is 7.03. The Balaban J connectivity index is 2.10. The van der Waals surface area contributed by atoms with Crippen LogP contribution in [0.5, 0.6) is 0 Å². The van der Waals surface area contributed by atoms with Crippen LogP contribution in [0, 0.1) is 5.92 Å². The zero-order valence-electron chi connectivity index (χ0n) is 6.82. The van der Waals surface area contributed by atoms with Gasteiger partial charge in [0.05, 0.1) is 0 Å². The Kier molecular flexibility index (Phi) is 1.48. The van der Waals surface area contributed by atoms with Gasteiger partial charge in [0.15, 0.2) is 0 Å². The van der Waals surface area contributed by atoms with E-state index < -0.39 is 0 Å². The van der Waals surface area contributed by atoms with Crippen LogP contribution in [0.15, 0.2) is 0 Å². The highest BCUT2D eigenvalue weighted by atomic mass is 15.0. The fourth-order valence-electron chi connectivity index (χ4n) is 2.63. The first-order chi connectivity index (χ1) is 4.81. The Hall–Kier alpha value is -0.0400. The van der Waals surface area contributed by atoms with Gasteiger partial charge >= 0.3 is 0 Å². The molecule has 0 amide bonds. The predicted molar refractivity (Wildman–Crippen MR) is 43.0 cm³/mol. The Bertz CT molecular complexity index is 133. The smallest absolute Gasteiger partial charge is 0.0181 e. The maximum absolute atomic E-state index is 3.63. The van der Waals surface area contributed by atoms with E-state index in [1.807, 2.05) is 0 Å². The van der Waals surface area contributed by atoms with Crippen LogP contribution in [0.25, 0.3) is 0 Å². The number of rotatable bonds is 0. The molecule has 0 aromatic heterocycles. The lowest BCUT2D eigenvalue weighted by molar-refractivity contribution is 0.218. The standard InChI is InChI=1S/C9H17N/c1-9-6-3-2-4-8(9)5-7-10-9/h8,10H,2-7H2,1H3. The second-order valence-electron chi connectivity index (χ2n) is 4.08. The molecule has 0 spiro atoms. The minimum absolute atomic E-state index is 0.540. The van der Waals surface area contributed by atoms with Gasteiger partial charge in [-0.1, -0.05) is 12.8 Å². The largest absolute Gasteiger partial charge is 0.311 e. The van der Waals surface area contributed by atoms with Crippen molar-refractivity contribution in [3.63, 3.8) is 0 Å². The lowest BCUT2D eigenvalue weighted by atomic mass is 9.75. The van der Waals surface area contributed by atoms with E-state index in [4.69, 9.17) is 0 Å². The molecule has 58 valence electrons. The van der Waals surface area contributed by atoms with Crippen molar-refractivity contribution >= 4 is 0 Å². The number of nitrogens with one attached hydrogen (secondary N) is 1. The lowest BCUT2D eigenvalue weighted by Crippen LogP contribution is -2.43. The van der Waals surface area contributed by atoms with Crippen LogP contribution in [-0.4, -0.2) is 12.1 Å². The fourth-order valence-corrected chi connectivity index (χ4v) is 2.63. The van der Waals surface area contributed by atoms with Gasteiger partial charge < -0.3 is 5.32 Å². The lowest BCUT2D eigenvalue weighted by Gasteiger charge is -2.36. The van der Waals surface area contributed by atoms with E-state index in [0.29, 0.717) is 5.54 Å². The van der Waals surface area contributed by atoms with Gasteiger partial charge in [0.25, 0.3) is 0 Å². The molecule has 1 heteroatoms. The summed E-state index contributed by atoms with van der Waals surface area (Å²) in [7, 11) is 0. The van der Waals surface area contributed by atoms with Crippen LogP contribution in [0.2, 0.25) is 0 Å². The quantitative estimate of drug-likeness (QED) is 0.540. The molecule has 1 N–H and O–H groups in total. The van der Waals surface area contributed by atoms with Crippen molar-refractivity contribution in [2.24, 2.45) is 5.92 Å². The third-order valence-electron chi connectivity index (χ3n) is 3.42. The number of hydrogen-bond donors (Lipinski definition) is 1. The second kappa shape index (κ2) is 2.23. The molecule has 1 aliphatic heterocycles. The molecule has 1 aliphatic carbocycles. The fraction of sp³-hybridized carbons (Fsp3) is 1.00. The molecule has 1 nitrogen and oxygen atoms in total. The molecular weight excluding hydrogens is 122 g/mol. The van der Waals surface area contributed by atoms with Gasteiger partial charge in [-0.25, -0.2) is 0 Å². The molecule has 2 unspecified atom stereocenters. The van der Waals surface area contributed by atoms with Gasteiger partial charge in [-0.15, -0.1) is 0 Å². The van der Waals surface area contributed by atoms with Crippen molar-refractivity contribution in [2.75, 3.05) is 6.54 Å². The highest BCUT2D eigenvalue weighted by molar-refractivity contribution is 4.97. The molecule has 2 rings (SSSR count). The molecule has 2 fully saturated rings. The number of hydrogen-bond acceptors (Lipinski definition) is 1. The van der Waals surface area contributed by atoms with Crippen molar-refractivity contribution in [1.82, 2.24) is 5.32 Å². The average Bonchev–Trinajstić information content (AvgIpc) is 2.29. The Morgan fingerprint density at radius 3 is 3.00 bits per heavy atom. The minimum Gasteiger partial charge on any atom is -0.311 e. The summed E-state index contributed by atoms with van der Waals surface area (Å²) in [5.74, 6) is 1.00. The zero-order valence-corrected chi connectivity index (χ0v) is 6.82. The molecule has 2 atom stereocenters. The van der Waals surface area contributed by atoms with Crippen LogP contribution < -0.4 is 5.32 Å². The van der Waals surface area contributed by atoms with Crippen molar-refractivity contribution in [3.05, 3.63) is 0 Å². The molecule has 0 aromatic carbocycles. The molecular formula is C9H17N. The third kappa shape index (κ3) is 0.878. The highest BCUT2D eigenvalue weighted by Crippen LogP contribution is 2.38. The van der Waals surface area contributed by atoms with Crippen LogP contribution >= 0.6 is 0 Å². The Labute approximate surface area is 63.2 Å². The summed E-state index contributed by atoms with van der Waals surface area (Å²) in [6, 6.07) is 0. The molecule has 1 saturated carbocycles. The average molecular weight is 139 g/mol. The second-order valence-corrected chi connectivity index (χ2v) is 4.08. The van der Waals surface area contributed by atoms with E-state index in [1.54, 1.807) is 0 Å². The first-order valence-corrected chi connectivity index (χ1v) is 4.56. The molecule has 0 aromatic rings. The summed E-state index contributed by atoms with van der Waals surface area (Å²) < 4.78 is 0. The normalized spacial score (nSPS) is 47.1. The molecule has 1 saturated heterocycles. The van der Waals surface area contributed by atoms with Crippen molar-refractivity contribution in [1.29, 1.82) is 0 Å². The molecule has 2 aliphatic rings. The maximum Gasteiger partial charge on any atom is 0.0181 e. The summed E-state index contributed by atoms with van der Waals surface area (Å²) in [5, 5.41) is 3.63. The van der Waals surface area contributed by atoms with E-state index in [9.17, 15) is 0 Å². The summed E-state index contributed by atoms with van der Waals surface area (Å²) >= 11 is 0. The first kappa shape index (κ1) is 6.66. The summed E-state index contributed by atoms with van der Waals surface area (Å²) in [4.78, 5) is 0. The SMILES string of the molecule is CC12CCCCC1CCN2.